The van der Waals surface area contributed by atoms with Crippen LogP contribution in [0.5, 0.6) is 0 Å². The quantitative estimate of drug-likeness (QED) is 0.0197. The summed E-state index contributed by atoms with van der Waals surface area (Å²) in [7, 11) is -4.78. The number of aliphatic hydroxyl groups excluding tert-OH is 1. The van der Waals surface area contributed by atoms with Gasteiger partial charge in [-0.3, -0.25) is 23.4 Å². The van der Waals surface area contributed by atoms with Crippen molar-refractivity contribution in [2.45, 2.75) is 200 Å². The van der Waals surface area contributed by atoms with E-state index in [1.54, 1.807) is 0 Å². The Labute approximate surface area is 412 Å². The third kappa shape index (κ3) is 47.2. The first-order chi connectivity index (χ1) is 33.2. The predicted molar refractivity (Wildman–Crippen MR) is 279 cm³/mol. The van der Waals surface area contributed by atoms with Crippen LogP contribution in [0, 0.1) is 0 Å². The minimum atomic E-state index is -4.78. The predicted octanol–water partition coefficient (Wildman–Crippen LogP) is 14.7. The number of esters is 3. The van der Waals surface area contributed by atoms with Gasteiger partial charge in [-0.1, -0.05) is 169 Å². The van der Waals surface area contributed by atoms with Crippen molar-refractivity contribution in [3.8, 4) is 0 Å². The van der Waals surface area contributed by atoms with E-state index in [1.165, 1.54) is 19.3 Å². The summed E-state index contributed by atoms with van der Waals surface area (Å²) >= 11 is 0. The second-order valence-electron chi connectivity index (χ2n) is 16.6. The first-order valence-corrected chi connectivity index (χ1v) is 27.3. The summed E-state index contributed by atoms with van der Waals surface area (Å²) in [5, 5.41) is 9.76. The molecule has 0 rings (SSSR count). The zero-order chi connectivity index (χ0) is 49.9. The number of hydrogen-bond acceptors (Lipinski definition) is 10. The molecule has 3 unspecified atom stereocenters. The van der Waals surface area contributed by atoms with Crippen molar-refractivity contribution < 1.29 is 52.2 Å². The summed E-state index contributed by atoms with van der Waals surface area (Å²) in [4.78, 5) is 48.3. The van der Waals surface area contributed by atoms with Crippen LogP contribution >= 0.6 is 7.82 Å². The second kappa shape index (κ2) is 49.6. The van der Waals surface area contributed by atoms with Crippen LogP contribution in [-0.2, 0) is 42.2 Å². The standard InChI is InChI=1S/C56H91O11P/c1-4-7-10-13-16-19-22-25-26-29-32-35-38-41-44-47-56(60)67-53(49-63-54(58)45-42-39-36-33-30-27-23-20-17-14-11-8-5-2)51-65-68(61,62)64-50-52(48-57)66-55(59)46-43-40-37-34-31-28-24-21-18-15-12-9-6-3/h8-9,11-12,16-21,25-28,30-31,37,40,52-53,57H,4-7,10,13-15,22-24,29,32-36,38-39,41-51H2,1-3H3,(H,61,62)/b11-8-,12-9-,19-16-,20-17-,21-18-,26-25-,30-27-,31-28-,40-37-. The molecule has 0 aromatic rings. The van der Waals surface area contributed by atoms with Crippen LogP contribution in [0.4, 0.5) is 0 Å². The molecule has 0 amide bonds. The normalized spacial score (nSPS) is 14.4. The molecule has 0 aromatic heterocycles. The molecule has 0 aromatic carbocycles. The van der Waals surface area contributed by atoms with Crippen LogP contribution in [0.2, 0.25) is 0 Å². The van der Waals surface area contributed by atoms with E-state index in [-0.39, 0.29) is 25.9 Å². The van der Waals surface area contributed by atoms with Crippen molar-refractivity contribution >= 4 is 25.7 Å². The summed E-state index contributed by atoms with van der Waals surface area (Å²) < 4.78 is 39.2. The van der Waals surface area contributed by atoms with Crippen molar-refractivity contribution in [3.63, 3.8) is 0 Å². The van der Waals surface area contributed by atoms with E-state index in [0.717, 1.165) is 109 Å². The summed E-state index contributed by atoms with van der Waals surface area (Å²) in [5.74, 6) is -1.62. The lowest BCUT2D eigenvalue weighted by Crippen LogP contribution is -2.30. The number of aliphatic hydroxyl groups is 1. The third-order valence-corrected chi connectivity index (χ3v) is 11.1. The summed E-state index contributed by atoms with van der Waals surface area (Å²) in [5.41, 5.74) is 0. The van der Waals surface area contributed by atoms with E-state index in [9.17, 15) is 28.9 Å². The molecule has 0 fully saturated rings. The van der Waals surface area contributed by atoms with Crippen molar-refractivity contribution in [1.82, 2.24) is 0 Å². The Bertz CT molecular complexity index is 1550. The molecule has 0 heterocycles. The number of phosphoric acid groups is 1. The highest BCUT2D eigenvalue weighted by molar-refractivity contribution is 7.47. The molecule has 12 heteroatoms. The number of hydrogen-bond donors (Lipinski definition) is 2. The smallest absolute Gasteiger partial charge is 0.462 e. The number of allylic oxidation sites excluding steroid dienone is 18. The molecule has 0 radical (unpaired) electrons. The molecule has 0 aliphatic carbocycles. The molecule has 386 valence electrons. The number of ether oxygens (including phenoxy) is 3. The van der Waals surface area contributed by atoms with E-state index in [0.29, 0.717) is 19.3 Å². The van der Waals surface area contributed by atoms with Gasteiger partial charge in [-0.2, -0.15) is 0 Å². The molecule has 0 aliphatic heterocycles. The molecule has 11 nitrogen and oxygen atoms in total. The summed E-state index contributed by atoms with van der Waals surface area (Å²) in [6, 6.07) is 0. The molecule has 3 atom stereocenters. The van der Waals surface area contributed by atoms with Crippen LogP contribution in [0.1, 0.15) is 188 Å². The Morgan fingerprint density at radius 1 is 0.426 bits per heavy atom. The number of rotatable bonds is 46. The minimum absolute atomic E-state index is 0.0477. The highest BCUT2D eigenvalue weighted by Gasteiger charge is 2.28. The summed E-state index contributed by atoms with van der Waals surface area (Å²) in [6.45, 7) is 4.22. The molecular formula is C56H91O11P. The lowest BCUT2D eigenvalue weighted by Gasteiger charge is -2.21. The van der Waals surface area contributed by atoms with E-state index >= 15 is 0 Å². The van der Waals surface area contributed by atoms with Gasteiger partial charge >= 0.3 is 25.7 Å². The Kier molecular flexibility index (Phi) is 46.7. The maximum Gasteiger partial charge on any atom is 0.472 e. The second-order valence-corrected chi connectivity index (χ2v) is 18.0. The Morgan fingerprint density at radius 2 is 0.794 bits per heavy atom. The molecule has 2 N–H and O–H groups in total. The third-order valence-electron chi connectivity index (χ3n) is 10.2. The number of carbonyl (C=O) groups excluding carboxylic acids is 3. The maximum absolute atomic E-state index is 12.8. The Morgan fingerprint density at radius 3 is 1.28 bits per heavy atom. The molecule has 0 spiro atoms. The SMILES string of the molecule is CC/C=C\C/C=C\C/C=C\C/C=C\CCC(=O)OC(CO)COP(=O)(O)OCC(COC(=O)CCCCC/C=C\C/C=C\C/C=C\CC)OC(=O)CCCCCCC/C=C\C/C=C\CCCCC. The average Bonchev–Trinajstić information content (AvgIpc) is 3.32. The highest BCUT2D eigenvalue weighted by Crippen LogP contribution is 2.43. The molecule has 0 aliphatic rings. The van der Waals surface area contributed by atoms with Gasteiger partial charge in [0.1, 0.15) is 12.7 Å². The van der Waals surface area contributed by atoms with Gasteiger partial charge in [-0.25, -0.2) is 4.57 Å². The molecular weight excluding hydrogens is 880 g/mol. The summed E-state index contributed by atoms with van der Waals surface area (Å²) in [6.07, 6.45) is 57.9. The maximum atomic E-state index is 12.8. The Balaban J connectivity index is 4.89. The van der Waals surface area contributed by atoms with Crippen LogP contribution in [0.3, 0.4) is 0 Å². The molecule has 68 heavy (non-hydrogen) atoms. The largest absolute Gasteiger partial charge is 0.472 e. The number of unbranched alkanes of at least 4 members (excludes halogenated alkanes) is 11. The zero-order valence-electron chi connectivity index (χ0n) is 42.3. The molecule has 0 saturated carbocycles. The van der Waals surface area contributed by atoms with E-state index in [4.69, 9.17) is 23.3 Å². The van der Waals surface area contributed by atoms with Gasteiger partial charge in [0.25, 0.3) is 0 Å². The fourth-order valence-corrected chi connectivity index (χ4v) is 7.08. The topological polar surface area (TPSA) is 155 Å². The van der Waals surface area contributed by atoms with Crippen molar-refractivity contribution in [2.75, 3.05) is 26.4 Å². The van der Waals surface area contributed by atoms with E-state index in [1.807, 2.05) is 18.2 Å². The number of phosphoric ester groups is 1. The van der Waals surface area contributed by atoms with Crippen LogP contribution in [0.15, 0.2) is 109 Å². The Hall–Kier alpha value is -3.86. The van der Waals surface area contributed by atoms with E-state index < -0.39 is 57.8 Å². The first-order valence-electron chi connectivity index (χ1n) is 25.8. The van der Waals surface area contributed by atoms with Gasteiger partial charge < -0.3 is 24.2 Å². The van der Waals surface area contributed by atoms with Gasteiger partial charge in [-0.15, -0.1) is 0 Å². The van der Waals surface area contributed by atoms with Gasteiger partial charge in [0.15, 0.2) is 6.10 Å². The van der Waals surface area contributed by atoms with Crippen molar-refractivity contribution in [2.24, 2.45) is 0 Å². The average molecular weight is 971 g/mol. The van der Waals surface area contributed by atoms with Crippen LogP contribution in [0.25, 0.3) is 0 Å². The lowest BCUT2D eigenvalue weighted by molar-refractivity contribution is -0.161. The minimum Gasteiger partial charge on any atom is -0.462 e. The lowest BCUT2D eigenvalue weighted by atomic mass is 10.1. The van der Waals surface area contributed by atoms with E-state index in [2.05, 4.69) is 112 Å². The highest BCUT2D eigenvalue weighted by atomic mass is 31.2. The number of carbonyl (C=O) groups is 3. The monoisotopic (exact) mass is 971 g/mol. The fourth-order valence-electron chi connectivity index (χ4n) is 6.29. The zero-order valence-corrected chi connectivity index (χ0v) is 43.2. The van der Waals surface area contributed by atoms with Gasteiger partial charge in [0.2, 0.25) is 0 Å². The van der Waals surface area contributed by atoms with Crippen LogP contribution < -0.4 is 0 Å². The fraction of sp³-hybridized carbons (Fsp3) is 0.625. The molecule has 0 bridgehead atoms. The van der Waals surface area contributed by atoms with Crippen molar-refractivity contribution in [1.29, 1.82) is 0 Å². The molecule has 0 saturated heterocycles. The van der Waals surface area contributed by atoms with Gasteiger partial charge in [-0.05, 0) is 109 Å². The van der Waals surface area contributed by atoms with Crippen LogP contribution in [-0.4, -0.2) is 66.5 Å². The first kappa shape index (κ1) is 64.1. The van der Waals surface area contributed by atoms with Gasteiger partial charge in [0.05, 0.1) is 19.8 Å². The van der Waals surface area contributed by atoms with Crippen molar-refractivity contribution in [3.05, 3.63) is 109 Å². The van der Waals surface area contributed by atoms with Gasteiger partial charge in [0, 0.05) is 19.3 Å².